The number of rotatable bonds is 22. The molecule has 6 nitrogen and oxygen atoms in total. The monoisotopic (exact) mass is 759 g/mol. The predicted octanol–water partition coefficient (Wildman–Crippen LogP) is 15.1. The molecule has 0 saturated carbocycles. The van der Waals surface area contributed by atoms with E-state index in [9.17, 15) is 14.8 Å². The first-order valence-corrected chi connectivity index (χ1v) is 22.4. The number of hydrogen-bond donors (Lipinski definition) is 2. The number of unbranched alkanes of at least 4 members (excludes halogenated alkanes) is 15. The average molecular weight is 759 g/mol. The summed E-state index contributed by atoms with van der Waals surface area (Å²) >= 11 is 0. The van der Waals surface area contributed by atoms with Gasteiger partial charge in [-0.15, -0.1) is 0 Å². The summed E-state index contributed by atoms with van der Waals surface area (Å²) in [4.78, 5) is 0. The third kappa shape index (κ3) is 16.2. The number of phosphoric acid groups is 1. The van der Waals surface area contributed by atoms with Crippen molar-refractivity contribution in [1.29, 1.82) is 0 Å². The molecule has 0 aliphatic rings. The van der Waals surface area contributed by atoms with Gasteiger partial charge >= 0.3 is 7.82 Å². The number of benzene rings is 2. The molecule has 0 atom stereocenters. The van der Waals surface area contributed by atoms with E-state index in [4.69, 9.17) is 13.6 Å². The van der Waals surface area contributed by atoms with E-state index in [0.29, 0.717) is 33.8 Å². The molecule has 53 heavy (non-hydrogen) atoms. The van der Waals surface area contributed by atoms with Gasteiger partial charge in [0.25, 0.3) is 0 Å². The van der Waals surface area contributed by atoms with Gasteiger partial charge in [-0.2, -0.15) is 0 Å². The van der Waals surface area contributed by atoms with Crippen molar-refractivity contribution in [3.8, 4) is 23.0 Å². The lowest BCUT2D eigenvalue weighted by Crippen LogP contribution is -2.18. The lowest BCUT2D eigenvalue weighted by molar-refractivity contribution is 0.204. The van der Waals surface area contributed by atoms with Crippen molar-refractivity contribution in [3.05, 3.63) is 46.5 Å². The Kier molecular flexibility index (Phi) is 18.3. The Morgan fingerprint density at radius 1 is 0.453 bits per heavy atom. The summed E-state index contributed by atoms with van der Waals surface area (Å²) in [5.74, 6) is 1.06. The molecule has 2 rings (SSSR count). The van der Waals surface area contributed by atoms with Crippen molar-refractivity contribution in [1.82, 2.24) is 0 Å². The number of phenolic OH excluding ortho intramolecular Hbond substituents is 2. The van der Waals surface area contributed by atoms with E-state index in [1.165, 1.54) is 83.5 Å². The molecule has 0 aliphatic carbocycles. The Balaban J connectivity index is 2.17. The summed E-state index contributed by atoms with van der Waals surface area (Å²) < 4.78 is 33.4. The van der Waals surface area contributed by atoms with E-state index in [0.717, 1.165) is 19.3 Å². The third-order valence-electron chi connectivity index (χ3n) is 10.1. The molecule has 0 amide bonds. The first kappa shape index (κ1) is 47.0. The molecular weight excluding hydrogens is 679 g/mol. The van der Waals surface area contributed by atoms with Crippen LogP contribution in [-0.4, -0.2) is 16.8 Å². The first-order valence-electron chi connectivity index (χ1n) is 20.9. The van der Waals surface area contributed by atoms with Crippen molar-refractivity contribution in [2.24, 2.45) is 0 Å². The standard InChI is InChI=1S/C46H79O6P/c1-14-15-16-17-18-19-20-21-22-23-24-25-26-27-28-29-30-50-53(49,51-35-31-37(43(2,3)4)41(47)38(32-35)44(5,6)7)52-36-33-39(45(8,9)10)42(48)40(34-36)46(11,12)13/h31-34,47-48H,14-30H2,1-13H3. The molecule has 304 valence electrons. The van der Waals surface area contributed by atoms with Gasteiger partial charge < -0.3 is 19.3 Å². The highest BCUT2D eigenvalue weighted by atomic mass is 31.2. The van der Waals surface area contributed by atoms with Gasteiger partial charge in [0, 0.05) is 22.3 Å². The molecule has 0 heterocycles. The molecular formula is C46H79O6P. The quantitative estimate of drug-likeness (QED) is 0.0919. The lowest BCUT2D eigenvalue weighted by atomic mass is 9.79. The zero-order chi connectivity index (χ0) is 40.1. The Bertz CT molecular complexity index is 1280. The van der Waals surface area contributed by atoms with Crippen LogP contribution in [0.15, 0.2) is 24.3 Å². The summed E-state index contributed by atoms with van der Waals surface area (Å²) in [5.41, 5.74) is 1.17. The van der Waals surface area contributed by atoms with Crippen LogP contribution in [0.1, 0.15) is 215 Å². The molecule has 0 radical (unpaired) electrons. The van der Waals surface area contributed by atoms with E-state index >= 15 is 0 Å². The van der Waals surface area contributed by atoms with Crippen molar-refractivity contribution in [3.63, 3.8) is 0 Å². The van der Waals surface area contributed by atoms with E-state index in [2.05, 4.69) is 6.92 Å². The van der Waals surface area contributed by atoms with Crippen molar-refractivity contribution < 1.29 is 28.3 Å². The van der Waals surface area contributed by atoms with E-state index < -0.39 is 29.5 Å². The molecule has 2 N–H and O–H groups in total. The van der Waals surface area contributed by atoms with Crippen molar-refractivity contribution >= 4 is 7.82 Å². The Morgan fingerprint density at radius 2 is 0.698 bits per heavy atom. The van der Waals surface area contributed by atoms with Crippen LogP contribution >= 0.6 is 7.82 Å². The summed E-state index contributed by atoms with van der Waals surface area (Å²) in [6.07, 6.45) is 20.3. The highest BCUT2D eigenvalue weighted by Crippen LogP contribution is 2.53. The molecule has 2 aromatic rings. The van der Waals surface area contributed by atoms with E-state index in [-0.39, 0.29) is 18.1 Å². The lowest BCUT2D eigenvalue weighted by Gasteiger charge is -2.30. The summed E-state index contributed by atoms with van der Waals surface area (Å²) in [6, 6.07) is 6.99. The zero-order valence-electron chi connectivity index (χ0n) is 36.3. The Hall–Kier alpha value is -2.17. The molecule has 7 heteroatoms. The van der Waals surface area contributed by atoms with Crippen LogP contribution in [0.5, 0.6) is 23.0 Å². The normalized spacial score (nSPS) is 13.1. The minimum Gasteiger partial charge on any atom is -0.507 e. The van der Waals surface area contributed by atoms with Gasteiger partial charge in [0.2, 0.25) is 0 Å². The molecule has 0 aromatic heterocycles. The Morgan fingerprint density at radius 3 is 0.943 bits per heavy atom. The van der Waals surface area contributed by atoms with Gasteiger partial charge in [-0.05, 0) is 52.3 Å². The van der Waals surface area contributed by atoms with E-state index in [1.807, 2.05) is 83.1 Å². The molecule has 0 fully saturated rings. The van der Waals surface area contributed by atoms with Crippen LogP contribution in [0.3, 0.4) is 0 Å². The fourth-order valence-electron chi connectivity index (χ4n) is 6.76. The van der Waals surface area contributed by atoms with Gasteiger partial charge in [-0.25, -0.2) is 4.57 Å². The maximum Gasteiger partial charge on any atom is 0.587 e. The highest BCUT2D eigenvalue weighted by molar-refractivity contribution is 7.49. The summed E-state index contributed by atoms with van der Waals surface area (Å²) in [5, 5.41) is 22.6. The largest absolute Gasteiger partial charge is 0.587 e. The molecule has 0 aliphatic heterocycles. The second kappa shape index (κ2) is 20.7. The maximum absolute atomic E-state index is 14.7. The fraction of sp³-hybridized carbons (Fsp3) is 0.739. The molecule has 0 spiro atoms. The van der Waals surface area contributed by atoms with Gasteiger partial charge in [0.1, 0.15) is 23.0 Å². The van der Waals surface area contributed by atoms with Crippen LogP contribution in [0.25, 0.3) is 0 Å². The van der Waals surface area contributed by atoms with Gasteiger partial charge in [0.05, 0.1) is 6.61 Å². The smallest absolute Gasteiger partial charge is 0.507 e. The minimum atomic E-state index is -4.24. The summed E-state index contributed by atoms with van der Waals surface area (Å²) in [6.45, 7) is 26.8. The third-order valence-corrected chi connectivity index (χ3v) is 11.4. The fourth-order valence-corrected chi connectivity index (χ4v) is 7.99. The van der Waals surface area contributed by atoms with Gasteiger partial charge in [-0.3, -0.25) is 4.52 Å². The number of hydrogen-bond acceptors (Lipinski definition) is 6. The Labute approximate surface area is 325 Å². The number of phosphoric ester groups is 1. The number of aromatic hydroxyl groups is 2. The van der Waals surface area contributed by atoms with Crippen molar-refractivity contribution in [2.45, 2.75) is 214 Å². The second-order valence-corrected chi connectivity index (χ2v) is 21.0. The zero-order valence-corrected chi connectivity index (χ0v) is 37.2. The topological polar surface area (TPSA) is 85.2 Å². The average Bonchev–Trinajstić information content (AvgIpc) is 3.02. The van der Waals surface area contributed by atoms with Crippen LogP contribution in [0.2, 0.25) is 0 Å². The molecule has 0 bridgehead atoms. The predicted molar refractivity (Wildman–Crippen MR) is 225 cm³/mol. The minimum absolute atomic E-state index is 0.213. The molecule has 0 unspecified atom stereocenters. The highest BCUT2D eigenvalue weighted by Gasteiger charge is 2.36. The van der Waals surface area contributed by atoms with Gasteiger partial charge in [-0.1, -0.05) is 186 Å². The second-order valence-electron chi connectivity index (χ2n) is 19.5. The maximum atomic E-state index is 14.7. The summed E-state index contributed by atoms with van der Waals surface area (Å²) in [7, 11) is -4.24. The first-order chi connectivity index (χ1) is 24.5. The number of phenols is 2. The van der Waals surface area contributed by atoms with E-state index in [1.54, 1.807) is 24.3 Å². The molecule has 0 saturated heterocycles. The van der Waals surface area contributed by atoms with Crippen molar-refractivity contribution in [2.75, 3.05) is 6.61 Å². The van der Waals surface area contributed by atoms with Crippen LogP contribution in [-0.2, 0) is 30.7 Å². The van der Waals surface area contributed by atoms with Crippen LogP contribution in [0.4, 0.5) is 0 Å². The van der Waals surface area contributed by atoms with Crippen LogP contribution in [0, 0.1) is 0 Å². The molecule has 2 aromatic carbocycles. The van der Waals surface area contributed by atoms with Gasteiger partial charge in [0.15, 0.2) is 0 Å². The van der Waals surface area contributed by atoms with Crippen LogP contribution < -0.4 is 9.05 Å². The SMILES string of the molecule is CCCCCCCCCCCCCCCCCCOP(=O)(Oc1cc(C(C)(C)C)c(O)c(C(C)(C)C)c1)Oc1cc(C(C)(C)C)c(O)c(C(C)(C)C)c1.